The van der Waals surface area contributed by atoms with Crippen LogP contribution >= 0.6 is 0 Å². The average Bonchev–Trinajstić information content (AvgIpc) is 3.96. The van der Waals surface area contributed by atoms with Crippen molar-refractivity contribution in [2.45, 2.75) is 24.4 Å². The topological polar surface area (TPSA) is 183 Å². The largest absolute Gasteiger partial charge is 0.416 e. The Morgan fingerprint density at radius 3 is 1.28 bits per heavy atom. The number of carbonyl (C=O) groups excluding carboxylic acids is 4. The van der Waals surface area contributed by atoms with E-state index >= 15 is 0 Å². The monoisotopic (exact) mass is 933 g/mol. The number of anilines is 2. The molecule has 15 nitrogen and oxygen atoms in total. The normalized spacial score (nSPS) is 19.7. The van der Waals surface area contributed by atoms with Crippen molar-refractivity contribution < 1.29 is 45.5 Å². The predicted octanol–water partition coefficient (Wildman–Crippen LogP) is 6.45. The first-order chi connectivity index (χ1) is 32.4. The summed E-state index contributed by atoms with van der Waals surface area (Å²) in [6.45, 7) is 0.837. The molecule has 6 amide bonds. The highest BCUT2D eigenvalue weighted by Gasteiger charge is 2.47. The molecule has 1 saturated heterocycles. The summed E-state index contributed by atoms with van der Waals surface area (Å²) in [6.07, 6.45) is -9.41. The highest BCUT2D eigenvalue weighted by molar-refractivity contribution is 6.08. The van der Waals surface area contributed by atoms with Gasteiger partial charge in [0.15, 0.2) is 5.96 Å². The van der Waals surface area contributed by atoms with Crippen molar-refractivity contribution in [2.75, 3.05) is 62.2 Å². The number of halogens is 6. The first-order valence-electron chi connectivity index (χ1n) is 21.1. The van der Waals surface area contributed by atoms with E-state index in [4.69, 9.17) is 5.41 Å². The van der Waals surface area contributed by atoms with E-state index < -0.39 is 59.4 Å². The number of nitrogens with one attached hydrogen (secondary N) is 3. The molecule has 0 aliphatic carbocycles. The summed E-state index contributed by atoms with van der Waals surface area (Å²) < 4.78 is 82.7. The molecular weight excluding hydrogens is 897 g/mol. The number of urea groups is 2. The van der Waals surface area contributed by atoms with E-state index in [-0.39, 0.29) is 79.1 Å². The molecule has 0 saturated carbocycles. The summed E-state index contributed by atoms with van der Waals surface area (Å²) in [4.78, 5) is 64.5. The number of nitrogens with zero attached hydrogens (tertiary/aromatic N) is 8. The number of carbonyl (C=O) groups is 4. The van der Waals surface area contributed by atoms with Gasteiger partial charge in [-0.25, -0.2) is 9.59 Å². The molecule has 1 fully saturated rings. The molecule has 5 heterocycles. The van der Waals surface area contributed by atoms with Gasteiger partial charge in [-0.2, -0.15) is 36.9 Å². The lowest BCUT2D eigenvalue weighted by Crippen LogP contribution is -2.47. The smallest absolute Gasteiger partial charge is 0.339 e. The Morgan fingerprint density at radius 1 is 0.559 bits per heavy atom. The molecule has 5 aliphatic rings. The Labute approximate surface area is 383 Å². The van der Waals surface area contributed by atoms with E-state index in [0.717, 1.165) is 34.1 Å². The van der Waals surface area contributed by atoms with Crippen LogP contribution in [0.5, 0.6) is 0 Å². The number of nitriles is 2. The minimum Gasteiger partial charge on any atom is -0.339 e. The van der Waals surface area contributed by atoms with Gasteiger partial charge in [-0.3, -0.25) is 24.8 Å². The summed E-state index contributed by atoms with van der Waals surface area (Å²) in [6, 6.07) is 21.4. The van der Waals surface area contributed by atoms with Gasteiger partial charge < -0.3 is 30.2 Å². The van der Waals surface area contributed by atoms with Crippen molar-refractivity contribution in [1.82, 2.24) is 30.2 Å². The Bertz CT molecular complexity index is 2730. The molecule has 9 rings (SSSR count). The number of guanidine groups is 1. The number of amides is 6. The minimum absolute atomic E-state index is 0.0527. The van der Waals surface area contributed by atoms with Gasteiger partial charge in [0.1, 0.15) is 0 Å². The van der Waals surface area contributed by atoms with Gasteiger partial charge in [-0.05, 0) is 71.8 Å². The highest BCUT2D eigenvalue weighted by atomic mass is 19.4. The van der Waals surface area contributed by atoms with Crippen molar-refractivity contribution in [1.29, 1.82) is 15.9 Å². The fourth-order valence-corrected chi connectivity index (χ4v) is 9.11. The standard InChI is InChI=1S/C47H37F6N11O4/c48-46(49,50)31-3-1-5-33(21-31)63-35-25-61(41(65)37(35)39(57-44(63)67)29-11-7-27(23-54)8-12-29)19-17-59-15-16-60(43(59)56)18-20-62-26-36-38(42(62)66)40(30-13-9-28(24-55)10-14-30)58-45(68)64(36)34-6-2-4-32(22-34)47(51,52)53/h1-14,21-22,39-40,56H,15-20,25-26H2,(H,57,67)(H,58,68)/t39-,40-/m1/s1. The van der Waals surface area contributed by atoms with Crippen LogP contribution in [0.3, 0.4) is 0 Å². The number of rotatable bonds is 10. The molecule has 0 bridgehead atoms. The second-order valence-electron chi connectivity index (χ2n) is 16.5. The molecule has 2 atom stereocenters. The quantitative estimate of drug-likeness (QED) is 0.152. The third-order valence-electron chi connectivity index (χ3n) is 12.5. The maximum atomic E-state index is 14.3. The lowest BCUT2D eigenvalue weighted by atomic mass is 9.94. The Balaban J connectivity index is 0.900. The number of hydrogen-bond donors (Lipinski definition) is 3. The minimum atomic E-state index is -4.71. The molecule has 0 unspecified atom stereocenters. The van der Waals surface area contributed by atoms with E-state index in [1.165, 1.54) is 58.3 Å². The Kier molecular flexibility index (Phi) is 11.3. The van der Waals surface area contributed by atoms with Gasteiger partial charge in [-0.15, -0.1) is 0 Å². The molecule has 4 aromatic rings. The zero-order valence-corrected chi connectivity index (χ0v) is 35.5. The SMILES string of the molecule is N#Cc1ccc([C@H]2NC(=O)N(c3cccc(C(F)(F)F)c3)C3=C2C(=O)N(CCN2CCN(CCN4CC5=C(C4=O)[C@@H](c4ccc(C#N)cc4)NC(=O)N5c4cccc(C(F)(F)F)c4)C2=N)C3)cc1. The van der Waals surface area contributed by atoms with Crippen LogP contribution in [0.1, 0.15) is 45.5 Å². The third-order valence-corrected chi connectivity index (χ3v) is 12.5. The Morgan fingerprint density at radius 2 is 0.926 bits per heavy atom. The molecule has 0 radical (unpaired) electrons. The molecule has 0 aromatic heterocycles. The summed E-state index contributed by atoms with van der Waals surface area (Å²) in [7, 11) is 0. The molecule has 0 spiro atoms. The van der Waals surface area contributed by atoms with E-state index in [2.05, 4.69) is 10.6 Å². The van der Waals surface area contributed by atoms with Crippen LogP contribution in [0.25, 0.3) is 0 Å². The molecule has 346 valence electrons. The number of benzene rings is 4. The van der Waals surface area contributed by atoms with Gasteiger partial charge in [0.25, 0.3) is 11.8 Å². The molecule has 21 heteroatoms. The summed E-state index contributed by atoms with van der Waals surface area (Å²) in [5.74, 6) is -0.886. The van der Waals surface area contributed by atoms with Crippen LogP contribution in [-0.2, 0) is 21.9 Å². The second-order valence-corrected chi connectivity index (χ2v) is 16.5. The molecule has 68 heavy (non-hydrogen) atoms. The van der Waals surface area contributed by atoms with Crippen molar-refractivity contribution in [3.63, 3.8) is 0 Å². The van der Waals surface area contributed by atoms with Gasteiger partial charge in [0.05, 0.1) is 93.5 Å². The maximum absolute atomic E-state index is 14.3. The van der Waals surface area contributed by atoms with Gasteiger partial charge in [-0.1, -0.05) is 36.4 Å². The average molecular weight is 934 g/mol. The van der Waals surface area contributed by atoms with Crippen molar-refractivity contribution in [2.24, 2.45) is 0 Å². The fraction of sp³-hybridized carbons (Fsp3) is 0.255. The predicted molar refractivity (Wildman–Crippen MR) is 231 cm³/mol. The zero-order valence-electron chi connectivity index (χ0n) is 35.5. The lowest BCUT2D eigenvalue weighted by Gasteiger charge is -2.34. The first-order valence-corrected chi connectivity index (χ1v) is 21.1. The van der Waals surface area contributed by atoms with E-state index in [1.807, 2.05) is 12.1 Å². The third kappa shape index (κ3) is 8.16. The van der Waals surface area contributed by atoms with Gasteiger partial charge in [0, 0.05) is 39.3 Å². The summed E-state index contributed by atoms with van der Waals surface area (Å²) >= 11 is 0. The van der Waals surface area contributed by atoms with Crippen LogP contribution in [0.4, 0.5) is 47.3 Å². The molecule has 4 aromatic carbocycles. The molecule has 5 aliphatic heterocycles. The number of alkyl halides is 6. The summed E-state index contributed by atoms with van der Waals surface area (Å²) in [5.41, 5.74) is 0.0975. The molecule has 3 N–H and O–H groups in total. The van der Waals surface area contributed by atoms with Crippen LogP contribution in [-0.4, -0.2) is 102 Å². The highest BCUT2D eigenvalue weighted by Crippen LogP contribution is 2.42. The van der Waals surface area contributed by atoms with Crippen molar-refractivity contribution in [3.8, 4) is 12.1 Å². The second kappa shape index (κ2) is 17.1. The first kappa shape index (κ1) is 44.9. The van der Waals surface area contributed by atoms with E-state index in [9.17, 15) is 56.0 Å². The van der Waals surface area contributed by atoms with Crippen LogP contribution in [0, 0.1) is 28.1 Å². The Hall–Kier alpha value is -8.33. The van der Waals surface area contributed by atoms with E-state index in [0.29, 0.717) is 35.3 Å². The molecular formula is C47H37F6N11O4. The summed E-state index contributed by atoms with van der Waals surface area (Å²) in [5, 5.41) is 33.2. The van der Waals surface area contributed by atoms with Crippen LogP contribution in [0.15, 0.2) is 120 Å². The lowest BCUT2D eigenvalue weighted by molar-refractivity contribution is -0.138. The zero-order chi connectivity index (χ0) is 48.2. The number of hydrogen-bond acceptors (Lipinski definition) is 7. The van der Waals surface area contributed by atoms with Crippen molar-refractivity contribution >= 4 is 41.2 Å². The van der Waals surface area contributed by atoms with Gasteiger partial charge in [0.2, 0.25) is 0 Å². The van der Waals surface area contributed by atoms with Crippen molar-refractivity contribution in [3.05, 3.63) is 153 Å². The van der Waals surface area contributed by atoms with Crippen LogP contribution in [0.2, 0.25) is 0 Å². The van der Waals surface area contributed by atoms with E-state index in [1.54, 1.807) is 34.1 Å². The fourth-order valence-electron chi connectivity index (χ4n) is 9.11. The van der Waals surface area contributed by atoms with Crippen LogP contribution < -0.4 is 20.4 Å². The maximum Gasteiger partial charge on any atom is 0.416 e. The van der Waals surface area contributed by atoms with Gasteiger partial charge >= 0.3 is 24.4 Å².